The van der Waals surface area contributed by atoms with Crippen LogP contribution in [0.5, 0.6) is 5.75 Å². The van der Waals surface area contributed by atoms with Crippen molar-refractivity contribution in [3.8, 4) is 5.75 Å². The van der Waals surface area contributed by atoms with E-state index in [1.165, 1.54) is 11.1 Å². The summed E-state index contributed by atoms with van der Waals surface area (Å²) in [7, 11) is 1.85. The Hall–Kier alpha value is -1.85. The summed E-state index contributed by atoms with van der Waals surface area (Å²) in [6.07, 6.45) is 4.97. The minimum Gasteiger partial charge on any atom is -0.493 e. The second-order valence-corrected chi connectivity index (χ2v) is 5.80. The minimum absolute atomic E-state index is 0.234. The molecule has 2 heterocycles. The van der Waals surface area contributed by atoms with Crippen LogP contribution in [0.4, 0.5) is 0 Å². The van der Waals surface area contributed by atoms with Crippen molar-refractivity contribution in [1.29, 1.82) is 0 Å². The number of hydrogen-bond donors (Lipinski definition) is 2. The van der Waals surface area contributed by atoms with Crippen molar-refractivity contribution in [1.82, 2.24) is 15.1 Å². The zero-order valence-electron chi connectivity index (χ0n) is 13.1. The molecule has 1 aromatic carbocycles. The van der Waals surface area contributed by atoms with E-state index in [0.29, 0.717) is 6.54 Å². The summed E-state index contributed by atoms with van der Waals surface area (Å²) >= 11 is 0. The smallest absolute Gasteiger partial charge is 0.122 e. The van der Waals surface area contributed by atoms with Gasteiger partial charge in [-0.05, 0) is 23.6 Å². The molecule has 2 atom stereocenters. The molecule has 5 nitrogen and oxygen atoms in total. The lowest BCUT2D eigenvalue weighted by atomic mass is 10.0. The van der Waals surface area contributed by atoms with Crippen LogP contribution >= 0.6 is 0 Å². The van der Waals surface area contributed by atoms with Crippen LogP contribution < -0.4 is 10.1 Å². The minimum atomic E-state index is -0.541. The van der Waals surface area contributed by atoms with Crippen molar-refractivity contribution in [3.63, 3.8) is 0 Å². The average molecular weight is 301 g/mol. The van der Waals surface area contributed by atoms with Gasteiger partial charge in [-0.3, -0.25) is 4.68 Å². The van der Waals surface area contributed by atoms with Gasteiger partial charge in [0.15, 0.2) is 0 Å². The topological polar surface area (TPSA) is 59.3 Å². The van der Waals surface area contributed by atoms with Gasteiger partial charge in [-0.25, -0.2) is 0 Å². The Kier molecular flexibility index (Phi) is 4.45. The lowest BCUT2D eigenvalue weighted by molar-refractivity contribution is 0.169. The Morgan fingerprint density at radius 2 is 2.27 bits per heavy atom. The molecule has 118 valence electrons. The van der Waals surface area contributed by atoms with Crippen LogP contribution in [-0.2, 0) is 13.5 Å². The molecule has 2 N–H and O–H groups in total. The van der Waals surface area contributed by atoms with E-state index in [-0.39, 0.29) is 6.04 Å². The highest BCUT2D eigenvalue weighted by Crippen LogP contribution is 2.29. The van der Waals surface area contributed by atoms with Gasteiger partial charge >= 0.3 is 0 Å². The van der Waals surface area contributed by atoms with Crippen LogP contribution in [-0.4, -0.2) is 28.0 Å². The number of aryl methyl sites for hydroxylation is 1. The molecule has 1 aliphatic rings. The van der Waals surface area contributed by atoms with Crippen molar-refractivity contribution in [3.05, 3.63) is 47.3 Å². The van der Waals surface area contributed by atoms with Gasteiger partial charge in [0.05, 0.1) is 18.9 Å². The second kappa shape index (κ2) is 6.50. The molecule has 0 saturated carbocycles. The average Bonchev–Trinajstić information content (AvgIpc) is 3.15. The molecule has 1 aromatic heterocycles. The Bertz CT molecular complexity index is 639. The van der Waals surface area contributed by atoms with E-state index in [4.69, 9.17) is 4.74 Å². The molecule has 2 unspecified atom stereocenters. The number of ether oxygens (including phenoxy) is 1. The van der Waals surface area contributed by atoms with Gasteiger partial charge < -0.3 is 15.2 Å². The van der Waals surface area contributed by atoms with E-state index in [0.717, 1.165) is 30.8 Å². The van der Waals surface area contributed by atoms with Crippen LogP contribution in [0.3, 0.4) is 0 Å². The number of nitrogens with one attached hydrogen (secondary N) is 1. The highest BCUT2D eigenvalue weighted by Gasteiger charge is 2.17. The molecule has 0 radical (unpaired) electrons. The summed E-state index contributed by atoms with van der Waals surface area (Å²) in [5, 5.41) is 17.8. The molecule has 2 aromatic rings. The summed E-state index contributed by atoms with van der Waals surface area (Å²) < 4.78 is 7.26. The van der Waals surface area contributed by atoms with Gasteiger partial charge in [0.2, 0.25) is 0 Å². The zero-order valence-corrected chi connectivity index (χ0v) is 13.1. The monoisotopic (exact) mass is 301 g/mol. The van der Waals surface area contributed by atoms with Crippen molar-refractivity contribution in [2.75, 3.05) is 13.2 Å². The van der Waals surface area contributed by atoms with Crippen LogP contribution in [0.1, 0.15) is 42.2 Å². The number of benzene rings is 1. The highest BCUT2D eigenvalue weighted by atomic mass is 16.5. The summed E-state index contributed by atoms with van der Waals surface area (Å²) in [5.74, 6) is 1.01. The fraction of sp³-hybridized carbons (Fsp3) is 0.471. The first-order chi connectivity index (χ1) is 10.7. The normalized spacial score (nSPS) is 16.1. The summed E-state index contributed by atoms with van der Waals surface area (Å²) in [4.78, 5) is 0. The van der Waals surface area contributed by atoms with E-state index in [1.54, 1.807) is 10.9 Å². The van der Waals surface area contributed by atoms with Crippen molar-refractivity contribution in [2.24, 2.45) is 7.05 Å². The Balaban J connectivity index is 1.64. The van der Waals surface area contributed by atoms with E-state index >= 15 is 0 Å². The highest BCUT2D eigenvalue weighted by molar-refractivity contribution is 5.40. The third kappa shape index (κ3) is 3.15. The third-order valence-corrected chi connectivity index (χ3v) is 4.19. The quantitative estimate of drug-likeness (QED) is 0.858. The number of aliphatic hydroxyl groups is 1. The fourth-order valence-electron chi connectivity index (χ4n) is 2.91. The molecule has 3 rings (SSSR count). The largest absolute Gasteiger partial charge is 0.493 e. The van der Waals surface area contributed by atoms with Gasteiger partial charge in [-0.2, -0.15) is 5.10 Å². The summed E-state index contributed by atoms with van der Waals surface area (Å²) in [5.41, 5.74) is 3.38. The number of nitrogens with zero attached hydrogens (tertiary/aromatic N) is 2. The first-order valence-electron chi connectivity index (χ1n) is 7.83. The molecule has 0 fully saturated rings. The molecule has 0 bridgehead atoms. The van der Waals surface area contributed by atoms with Crippen molar-refractivity contribution in [2.45, 2.75) is 31.9 Å². The maximum Gasteiger partial charge on any atom is 0.122 e. The lowest BCUT2D eigenvalue weighted by Crippen LogP contribution is -2.26. The van der Waals surface area contributed by atoms with Crippen LogP contribution in [0.25, 0.3) is 0 Å². The summed E-state index contributed by atoms with van der Waals surface area (Å²) in [6.45, 7) is 3.44. The predicted octanol–water partition coefficient (Wildman–Crippen LogP) is 2.13. The molecule has 0 saturated heterocycles. The zero-order chi connectivity index (χ0) is 15.5. The fourth-order valence-corrected chi connectivity index (χ4v) is 2.91. The van der Waals surface area contributed by atoms with Crippen molar-refractivity contribution < 1.29 is 9.84 Å². The van der Waals surface area contributed by atoms with Gasteiger partial charge in [0, 0.05) is 37.8 Å². The number of aliphatic hydroxyl groups excluding tert-OH is 1. The maximum absolute atomic E-state index is 10.2. The predicted molar refractivity (Wildman–Crippen MR) is 84.8 cm³/mol. The maximum atomic E-state index is 10.2. The first-order valence-corrected chi connectivity index (χ1v) is 7.83. The molecular weight excluding hydrogens is 278 g/mol. The Morgan fingerprint density at radius 3 is 3.00 bits per heavy atom. The molecule has 5 heteroatoms. The van der Waals surface area contributed by atoms with Crippen molar-refractivity contribution >= 4 is 0 Å². The second-order valence-electron chi connectivity index (χ2n) is 5.80. The molecule has 22 heavy (non-hydrogen) atoms. The van der Waals surface area contributed by atoms with E-state index in [1.807, 2.05) is 13.2 Å². The number of hydrogen-bond acceptors (Lipinski definition) is 4. The molecule has 0 aliphatic carbocycles. The Morgan fingerprint density at radius 1 is 1.41 bits per heavy atom. The first kappa shape index (κ1) is 15.1. The molecule has 1 aliphatic heterocycles. The number of fused-ring (bicyclic) bond motifs is 1. The number of rotatable bonds is 6. The lowest BCUT2D eigenvalue weighted by Gasteiger charge is -2.20. The van der Waals surface area contributed by atoms with Crippen LogP contribution in [0, 0.1) is 0 Å². The van der Waals surface area contributed by atoms with E-state index < -0.39 is 6.10 Å². The third-order valence-electron chi connectivity index (χ3n) is 4.19. The van der Waals surface area contributed by atoms with Crippen LogP contribution in [0.15, 0.2) is 30.6 Å². The van der Waals surface area contributed by atoms with E-state index in [9.17, 15) is 5.11 Å². The number of aromatic nitrogens is 2. The van der Waals surface area contributed by atoms with Gasteiger partial charge in [-0.15, -0.1) is 0 Å². The standard InChI is InChI=1S/C17H23N3O2/c1-3-15(12-4-5-17-13(8-12)6-7-22-17)18-10-16(21)14-9-19-20(2)11-14/h4-5,8-9,11,15-16,18,21H,3,6-7,10H2,1-2H3. The molecule has 0 amide bonds. The van der Waals surface area contributed by atoms with Crippen LogP contribution in [0.2, 0.25) is 0 Å². The summed E-state index contributed by atoms with van der Waals surface area (Å²) in [6, 6.07) is 6.62. The Labute approximate surface area is 130 Å². The van der Waals surface area contributed by atoms with E-state index in [2.05, 4.69) is 35.5 Å². The SMILES string of the molecule is CCC(NCC(O)c1cnn(C)c1)c1ccc2c(c1)CCO2. The molecular formula is C17H23N3O2. The van der Waals surface area contributed by atoms with Gasteiger partial charge in [-0.1, -0.05) is 19.1 Å². The molecule has 0 spiro atoms. The van der Waals surface area contributed by atoms with Gasteiger partial charge in [0.1, 0.15) is 5.75 Å². The van der Waals surface area contributed by atoms with Gasteiger partial charge in [0.25, 0.3) is 0 Å².